The number of benzene rings is 2. The molecule has 0 fully saturated rings. The number of carbonyl (C=O) groups is 1. The summed E-state index contributed by atoms with van der Waals surface area (Å²) in [6.45, 7) is 2.72. The van der Waals surface area contributed by atoms with E-state index in [0.717, 1.165) is 11.4 Å². The van der Waals surface area contributed by atoms with Gasteiger partial charge in [0.05, 0.1) is 30.5 Å². The number of aromatic nitrogens is 3. The van der Waals surface area contributed by atoms with Crippen molar-refractivity contribution in [2.75, 3.05) is 32.3 Å². The minimum atomic E-state index is -0.150. The molecule has 0 spiro atoms. The number of rotatable bonds is 9. The van der Waals surface area contributed by atoms with E-state index in [1.54, 1.807) is 25.3 Å². The average Bonchev–Trinajstić information content (AvgIpc) is 3.14. The minimum Gasteiger partial charge on any atom is -0.495 e. The molecular formula is C22H26ClN5O2S. The molecule has 1 N–H and O–H groups in total. The highest BCUT2D eigenvalue weighted by molar-refractivity contribution is 7.99. The average molecular weight is 460 g/mol. The zero-order valence-corrected chi connectivity index (χ0v) is 19.6. The number of nitrogens with one attached hydrogen (secondary N) is 1. The number of hydrogen-bond acceptors (Lipinski definition) is 6. The van der Waals surface area contributed by atoms with E-state index in [9.17, 15) is 4.79 Å². The molecule has 1 amide bonds. The molecule has 7 nitrogen and oxygen atoms in total. The van der Waals surface area contributed by atoms with Crippen LogP contribution < -0.4 is 10.1 Å². The number of nitrogens with zero attached hydrogens (tertiary/aromatic N) is 4. The molecule has 1 aromatic heterocycles. The summed E-state index contributed by atoms with van der Waals surface area (Å²) in [4.78, 5) is 14.6. The van der Waals surface area contributed by atoms with Crippen LogP contribution in [0.25, 0.3) is 0 Å². The van der Waals surface area contributed by atoms with Gasteiger partial charge in [0, 0.05) is 5.69 Å². The summed E-state index contributed by atoms with van der Waals surface area (Å²) in [5.74, 6) is 1.47. The second kappa shape index (κ2) is 10.7. The maximum Gasteiger partial charge on any atom is 0.234 e. The zero-order chi connectivity index (χ0) is 22.4. The van der Waals surface area contributed by atoms with Crippen molar-refractivity contribution in [2.45, 2.75) is 24.7 Å². The molecule has 0 saturated carbocycles. The Balaban J connectivity index is 1.73. The van der Waals surface area contributed by atoms with Crippen molar-refractivity contribution in [3.05, 3.63) is 64.9 Å². The summed E-state index contributed by atoms with van der Waals surface area (Å²) in [6.07, 6.45) is 0. The van der Waals surface area contributed by atoms with Gasteiger partial charge in [-0.25, -0.2) is 0 Å². The lowest BCUT2D eigenvalue weighted by atomic mass is 10.2. The van der Waals surface area contributed by atoms with Crippen molar-refractivity contribution in [3.63, 3.8) is 0 Å². The third-order valence-electron chi connectivity index (χ3n) is 4.85. The van der Waals surface area contributed by atoms with E-state index in [2.05, 4.69) is 44.0 Å². The molecule has 1 heterocycles. The Kier molecular flexibility index (Phi) is 7.95. The van der Waals surface area contributed by atoms with Crippen LogP contribution in [-0.2, 0) is 11.3 Å². The molecule has 9 heteroatoms. The number of carbonyl (C=O) groups excluding carboxylic acids is 1. The van der Waals surface area contributed by atoms with E-state index in [0.29, 0.717) is 28.2 Å². The van der Waals surface area contributed by atoms with E-state index >= 15 is 0 Å². The van der Waals surface area contributed by atoms with Gasteiger partial charge < -0.3 is 14.6 Å². The summed E-state index contributed by atoms with van der Waals surface area (Å²) in [5.41, 5.74) is 1.76. The smallest absolute Gasteiger partial charge is 0.234 e. The van der Waals surface area contributed by atoms with Gasteiger partial charge in [-0.2, -0.15) is 0 Å². The Morgan fingerprint density at radius 1 is 1.23 bits per heavy atom. The molecule has 3 aromatic rings. The first-order chi connectivity index (χ1) is 14.9. The Morgan fingerprint density at radius 2 is 1.97 bits per heavy atom. The molecule has 0 bridgehead atoms. The molecule has 164 valence electrons. The van der Waals surface area contributed by atoms with Crippen LogP contribution in [0.15, 0.2) is 53.7 Å². The predicted molar refractivity (Wildman–Crippen MR) is 125 cm³/mol. The van der Waals surface area contributed by atoms with E-state index < -0.39 is 0 Å². The fourth-order valence-corrected chi connectivity index (χ4v) is 3.94. The van der Waals surface area contributed by atoms with Gasteiger partial charge in [-0.05, 0) is 44.8 Å². The van der Waals surface area contributed by atoms with Gasteiger partial charge in [0.1, 0.15) is 5.75 Å². The molecule has 3 rings (SSSR count). The number of hydrogen-bond donors (Lipinski definition) is 1. The maximum atomic E-state index is 12.5. The van der Waals surface area contributed by atoms with Crippen molar-refractivity contribution in [1.29, 1.82) is 0 Å². The van der Waals surface area contributed by atoms with Gasteiger partial charge >= 0.3 is 0 Å². The summed E-state index contributed by atoms with van der Waals surface area (Å²) < 4.78 is 7.21. The first-order valence-electron chi connectivity index (χ1n) is 9.78. The predicted octanol–water partition coefficient (Wildman–Crippen LogP) is 4.34. The van der Waals surface area contributed by atoms with Crippen LogP contribution in [0.5, 0.6) is 5.75 Å². The van der Waals surface area contributed by atoms with Gasteiger partial charge in [0.15, 0.2) is 11.0 Å². The number of thioether (sulfide) groups is 1. The van der Waals surface area contributed by atoms with Crippen molar-refractivity contribution in [1.82, 2.24) is 19.7 Å². The van der Waals surface area contributed by atoms with E-state index in [1.165, 1.54) is 11.8 Å². The number of methoxy groups -OCH3 is 1. The second-order valence-corrected chi connectivity index (χ2v) is 8.59. The summed E-state index contributed by atoms with van der Waals surface area (Å²) in [7, 11) is 5.56. The maximum absolute atomic E-state index is 12.5. The number of anilines is 1. The van der Waals surface area contributed by atoms with Crippen LogP contribution in [0.2, 0.25) is 5.02 Å². The van der Waals surface area contributed by atoms with Crippen LogP contribution in [-0.4, -0.2) is 52.5 Å². The van der Waals surface area contributed by atoms with Gasteiger partial charge in [-0.3, -0.25) is 9.69 Å². The standard InChI is InChI=1S/C22H26ClN5O2S/c1-15(27(2)3)21-25-26-22(28(21)13-16-8-6-5-7-9-16)31-14-20(29)24-17-10-11-19(30-4)18(23)12-17/h5-12,15H,13-14H2,1-4H3,(H,24,29). The molecule has 0 aliphatic carbocycles. The molecule has 0 aliphatic rings. The normalized spacial score (nSPS) is 12.1. The fourth-order valence-electron chi connectivity index (χ4n) is 2.93. The van der Waals surface area contributed by atoms with Crippen LogP contribution in [0, 0.1) is 0 Å². The van der Waals surface area contributed by atoms with Crippen LogP contribution in [0.3, 0.4) is 0 Å². The third-order valence-corrected chi connectivity index (χ3v) is 6.11. The van der Waals surface area contributed by atoms with E-state index in [4.69, 9.17) is 16.3 Å². The topological polar surface area (TPSA) is 72.3 Å². The van der Waals surface area contributed by atoms with Gasteiger partial charge in [-0.1, -0.05) is 53.7 Å². The largest absolute Gasteiger partial charge is 0.495 e. The SMILES string of the molecule is COc1ccc(NC(=O)CSc2nnc(C(C)N(C)C)n2Cc2ccccc2)cc1Cl. The lowest BCUT2D eigenvalue weighted by Crippen LogP contribution is -2.21. The summed E-state index contributed by atoms with van der Waals surface area (Å²) >= 11 is 7.49. The summed E-state index contributed by atoms with van der Waals surface area (Å²) in [6, 6.07) is 15.4. The number of ether oxygens (including phenoxy) is 1. The van der Waals surface area contributed by atoms with Crippen molar-refractivity contribution in [3.8, 4) is 5.75 Å². The highest BCUT2D eigenvalue weighted by Gasteiger charge is 2.20. The van der Waals surface area contributed by atoms with Gasteiger partial charge in [0.25, 0.3) is 0 Å². The fraction of sp³-hybridized carbons (Fsp3) is 0.318. The Bertz CT molecular complexity index is 1030. The molecule has 0 aliphatic heterocycles. The van der Waals surface area contributed by atoms with Crippen molar-refractivity contribution < 1.29 is 9.53 Å². The summed E-state index contributed by atoms with van der Waals surface area (Å²) in [5, 5.41) is 12.8. The highest BCUT2D eigenvalue weighted by Crippen LogP contribution is 2.28. The Hall–Kier alpha value is -2.55. The first-order valence-corrected chi connectivity index (χ1v) is 11.1. The third kappa shape index (κ3) is 6.00. The van der Waals surface area contributed by atoms with E-state index in [1.807, 2.05) is 32.3 Å². The zero-order valence-electron chi connectivity index (χ0n) is 18.0. The monoisotopic (exact) mass is 459 g/mol. The van der Waals surface area contributed by atoms with Crippen LogP contribution in [0.4, 0.5) is 5.69 Å². The quantitative estimate of drug-likeness (QED) is 0.480. The minimum absolute atomic E-state index is 0.0841. The van der Waals surface area contributed by atoms with Crippen LogP contribution >= 0.6 is 23.4 Å². The van der Waals surface area contributed by atoms with Crippen molar-refractivity contribution in [2.24, 2.45) is 0 Å². The van der Waals surface area contributed by atoms with Gasteiger partial charge in [0.2, 0.25) is 5.91 Å². The lowest BCUT2D eigenvalue weighted by molar-refractivity contribution is -0.113. The molecule has 31 heavy (non-hydrogen) atoms. The Morgan fingerprint density at radius 3 is 2.61 bits per heavy atom. The molecule has 1 atom stereocenters. The molecule has 1 unspecified atom stereocenters. The van der Waals surface area contributed by atoms with Gasteiger partial charge in [-0.15, -0.1) is 10.2 Å². The molecular weight excluding hydrogens is 434 g/mol. The second-order valence-electron chi connectivity index (χ2n) is 7.24. The Labute approximate surface area is 191 Å². The lowest BCUT2D eigenvalue weighted by Gasteiger charge is -2.20. The van der Waals surface area contributed by atoms with Crippen molar-refractivity contribution >= 4 is 35.0 Å². The number of halogens is 1. The molecule has 0 saturated heterocycles. The first kappa shape index (κ1) is 23.1. The van der Waals surface area contributed by atoms with Crippen LogP contribution in [0.1, 0.15) is 24.4 Å². The number of amides is 1. The highest BCUT2D eigenvalue weighted by atomic mass is 35.5. The van der Waals surface area contributed by atoms with E-state index in [-0.39, 0.29) is 17.7 Å². The molecule has 2 aromatic carbocycles. The molecule has 0 radical (unpaired) electrons.